The highest BCUT2D eigenvalue weighted by Gasteiger charge is 2.13. The lowest BCUT2D eigenvalue weighted by Gasteiger charge is -2.15. The van der Waals surface area contributed by atoms with Crippen molar-refractivity contribution in [2.24, 2.45) is 0 Å². The van der Waals surface area contributed by atoms with Crippen molar-refractivity contribution < 1.29 is 4.74 Å². The van der Waals surface area contributed by atoms with E-state index in [1.54, 1.807) is 6.92 Å². The van der Waals surface area contributed by atoms with Crippen LogP contribution in [0.2, 0.25) is 0 Å². The Balaban J connectivity index is 2.46. The average molecular weight is 267 g/mol. The van der Waals surface area contributed by atoms with Crippen LogP contribution < -0.4 is 10.9 Å². The summed E-state index contributed by atoms with van der Waals surface area (Å²) < 4.78 is 5.48. The van der Waals surface area contributed by atoms with Crippen LogP contribution in [0.1, 0.15) is 49.8 Å². The lowest BCUT2D eigenvalue weighted by atomic mass is 10.1. The standard InChI is InChI=1S/C14H25N3O2/c1-5-6-8-19-9-7-15-10(2)13-11(3)16-12(4)17-14(13)18/h10,15H,5-9H2,1-4H3,(H,16,17,18). The van der Waals surface area contributed by atoms with Crippen LogP contribution in [0.4, 0.5) is 0 Å². The minimum Gasteiger partial charge on any atom is -0.380 e. The number of hydrogen-bond acceptors (Lipinski definition) is 4. The van der Waals surface area contributed by atoms with Crippen LogP contribution >= 0.6 is 0 Å². The third-order valence-electron chi connectivity index (χ3n) is 3.04. The molecule has 1 atom stereocenters. The number of rotatable bonds is 8. The predicted octanol–water partition coefficient (Wildman–Crippen LogP) is 1.85. The van der Waals surface area contributed by atoms with Gasteiger partial charge in [-0.25, -0.2) is 4.98 Å². The van der Waals surface area contributed by atoms with Crippen LogP contribution in [0.15, 0.2) is 4.79 Å². The average Bonchev–Trinajstić information content (AvgIpc) is 2.32. The maximum atomic E-state index is 11.9. The third-order valence-corrected chi connectivity index (χ3v) is 3.04. The Bertz CT molecular complexity index is 443. The van der Waals surface area contributed by atoms with Gasteiger partial charge in [0.25, 0.3) is 5.56 Å². The molecule has 1 unspecified atom stereocenters. The normalized spacial score (nSPS) is 12.6. The number of ether oxygens (including phenoxy) is 1. The van der Waals surface area contributed by atoms with Crippen molar-refractivity contribution in [1.82, 2.24) is 15.3 Å². The number of H-pyrrole nitrogens is 1. The predicted molar refractivity (Wildman–Crippen MR) is 76.5 cm³/mol. The van der Waals surface area contributed by atoms with Gasteiger partial charge < -0.3 is 15.0 Å². The molecular weight excluding hydrogens is 242 g/mol. The molecule has 0 aromatic carbocycles. The molecule has 0 saturated heterocycles. The molecule has 1 aromatic rings. The Hall–Kier alpha value is -1.20. The molecule has 1 heterocycles. The zero-order valence-electron chi connectivity index (χ0n) is 12.4. The molecule has 0 radical (unpaired) electrons. The molecule has 108 valence electrons. The molecule has 0 amide bonds. The van der Waals surface area contributed by atoms with Crippen molar-refractivity contribution in [3.63, 3.8) is 0 Å². The Morgan fingerprint density at radius 3 is 2.74 bits per heavy atom. The fraction of sp³-hybridized carbons (Fsp3) is 0.714. The Morgan fingerprint density at radius 1 is 1.37 bits per heavy atom. The molecule has 2 N–H and O–H groups in total. The number of nitrogens with one attached hydrogen (secondary N) is 2. The van der Waals surface area contributed by atoms with Crippen LogP contribution in [0, 0.1) is 13.8 Å². The van der Waals surface area contributed by atoms with Gasteiger partial charge in [-0.05, 0) is 27.2 Å². The van der Waals surface area contributed by atoms with Gasteiger partial charge >= 0.3 is 0 Å². The first-order chi connectivity index (χ1) is 9.06. The van der Waals surface area contributed by atoms with Gasteiger partial charge in [0, 0.05) is 24.9 Å². The number of aryl methyl sites for hydroxylation is 2. The van der Waals surface area contributed by atoms with Gasteiger partial charge in [0.1, 0.15) is 5.82 Å². The quantitative estimate of drug-likeness (QED) is 0.705. The van der Waals surface area contributed by atoms with Crippen molar-refractivity contribution in [3.05, 3.63) is 27.4 Å². The monoisotopic (exact) mass is 267 g/mol. The lowest BCUT2D eigenvalue weighted by Crippen LogP contribution is -2.30. The molecule has 0 bridgehead atoms. The van der Waals surface area contributed by atoms with Gasteiger partial charge in [-0.15, -0.1) is 0 Å². The Labute approximate surface area is 114 Å². The number of hydrogen-bond donors (Lipinski definition) is 2. The largest absolute Gasteiger partial charge is 0.380 e. The first-order valence-electron chi connectivity index (χ1n) is 6.94. The number of aromatic nitrogens is 2. The molecule has 5 nitrogen and oxygen atoms in total. The molecule has 0 aliphatic heterocycles. The molecule has 0 spiro atoms. The molecule has 0 saturated carbocycles. The first kappa shape index (κ1) is 15.9. The van der Waals surface area contributed by atoms with E-state index in [1.165, 1.54) is 0 Å². The van der Waals surface area contributed by atoms with E-state index in [-0.39, 0.29) is 11.6 Å². The summed E-state index contributed by atoms with van der Waals surface area (Å²) in [5.74, 6) is 0.654. The highest BCUT2D eigenvalue weighted by atomic mass is 16.5. The van der Waals surface area contributed by atoms with Crippen molar-refractivity contribution in [1.29, 1.82) is 0 Å². The van der Waals surface area contributed by atoms with Crippen LogP contribution in [-0.4, -0.2) is 29.7 Å². The van der Waals surface area contributed by atoms with Gasteiger partial charge in [0.05, 0.1) is 12.2 Å². The van der Waals surface area contributed by atoms with E-state index in [0.717, 1.165) is 31.7 Å². The SMILES string of the molecule is CCCCOCCNC(C)c1c(C)nc(C)[nH]c1=O. The summed E-state index contributed by atoms with van der Waals surface area (Å²) in [5.41, 5.74) is 1.43. The molecule has 0 aliphatic carbocycles. The fourth-order valence-corrected chi connectivity index (χ4v) is 2.04. The Kier molecular flexibility index (Phi) is 6.73. The summed E-state index contributed by atoms with van der Waals surface area (Å²) >= 11 is 0. The second-order valence-corrected chi connectivity index (χ2v) is 4.79. The van der Waals surface area contributed by atoms with Crippen LogP contribution in [0.5, 0.6) is 0 Å². The van der Waals surface area contributed by atoms with Crippen molar-refractivity contribution in [2.45, 2.75) is 46.6 Å². The highest BCUT2D eigenvalue weighted by Crippen LogP contribution is 2.10. The topological polar surface area (TPSA) is 67.0 Å². The molecular formula is C14H25N3O2. The van der Waals surface area contributed by atoms with Crippen LogP contribution in [-0.2, 0) is 4.74 Å². The minimum atomic E-state index is -0.0584. The maximum absolute atomic E-state index is 11.9. The summed E-state index contributed by atoms with van der Waals surface area (Å²) in [6.45, 7) is 9.98. The second kappa shape index (κ2) is 8.07. The molecule has 0 fully saturated rings. The summed E-state index contributed by atoms with van der Waals surface area (Å²) in [6.07, 6.45) is 2.24. The second-order valence-electron chi connectivity index (χ2n) is 4.79. The van der Waals surface area contributed by atoms with Crippen LogP contribution in [0.25, 0.3) is 0 Å². The van der Waals surface area contributed by atoms with Crippen LogP contribution in [0.3, 0.4) is 0 Å². The number of unbranched alkanes of at least 4 members (excludes halogenated alkanes) is 1. The van der Waals surface area contributed by atoms with E-state index >= 15 is 0 Å². The molecule has 5 heteroatoms. The van der Waals surface area contributed by atoms with Gasteiger partial charge in [-0.1, -0.05) is 13.3 Å². The van der Waals surface area contributed by atoms with Gasteiger partial charge in [0.2, 0.25) is 0 Å². The van der Waals surface area contributed by atoms with Gasteiger partial charge in [-0.3, -0.25) is 4.79 Å². The minimum absolute atomic E-state index is 0.0216. The fourth-order valence-electron chi connectivity index (χ4n) is 2.04. The Morgan fingerprint density at radius 2 is 2.11 bits per heavy atom. The number of aromatic amines is 1. The van der Waals surface area contributed by atoms with E-state index in [4.69, 9.17) is 4.74 Å². The maximum Gasteiger partial charge on any atom is 0.255 e. The summed E-state index contributed by atoms with van der Waals surface area (Å²) in [4.78, 5) is 18.9. The van der Waals surface area contributed by atoms with E-state index in [2.05, 4.69) is 22.2 Å². The van der Waals surface area contributed by atoms with E-state index in [9.17, 15) is 4.79 Å². The molecule has 1 rings (SSSR count). The van der Waals surface area contributed by atoms with E-state index < -0.39 is 0 Å². The zero-order valence-corrected chi connectivity index (χ0v) is 12.4. The zero-order chi connectivity index (χ0) is 14.3. The van der Waals surface area contributed by atoms with E-state index in [1.807, 2.05) is 13.8 Å². The van der Waals surface area contributed by atoms with Crippen molar-refractivity contribution in [2.75, 3.05) is 19.8 Å². The molecule has 1 aromatic heterocycles. The summed E-state index contributed by atoms with van der Waals surface area (Å²) in [6, 6.07) is -0.0216. The molecule has 19 heavy (non-hydrogen) atoms. The molecule has 0 aliphatic rings. The summed E-state index contributed by atoms with van der Waals surface area (Å²) in [7, 11) is 0. The van der Waals surface area contributed by atoms with E-state index in [0.29, 0.717) is 18.0 Å². The number of nitrogens with zero attached hydrogens (tertiary/aromatic N) is 1. The highest BCUT2D eigenvalue weighted by molar-refractivity contribution is 5.19. The van der Waals surface area contributed by atoms with Crippen molar-refractivity contribution in [3.8, 4) is 0 Å². The first-order valence-corrected chi connectivity index (χ1v) is 6.94. The van der Waals surface area contributed by atoms with Gasteiger partial charge in [0.15, 0.2) is 0 Å². The van der Waals surface area contributed by atoms with Crippen molar-refractivity contribution >= 4 is 0 Å². The van der Waals surface area contributed by atoms with Gasteiger partial charge in [-0.2, -0.15) is 0 Å². The smallest absolute Gasteiger partial charge is 0.255 e. The lowest BCUT2D eigenvalue weighted by molar-refractivity contribution is 0.131. The summed E-state index contributed by atoms with van der Waals surface area (Å²) in [5, 5.41) is 3.29. The third kappa shape index (κ3) is 5.12.